The maximum atomic E-state index is 11.1. The topological polar surface area (TPSA) is 50.5 Å². The molecule has 1 fully saturated rings. The number of rotatable bonds is 5. The summed E-state index contributed by atoms with van der Waals surface area (Å²) in [4.78, 5) is 8.30. The van der Waals surface area contributed by atoms with Crippen molar-refractivity contribution < 1.29 is 9.84 Å². The standard InChI is InChI=1S/C23H23N3O2S/c27-23-22(20-8-7-17(14-24-20)15-25-9-11-28-12-10-25)19-5-1-2-6-21(19)26(23)16-18-4-3-13-29-18/h1-8,13-14,27H,9-12,15-16H2. The molecule has 0 saturated carbocycles. The molecule has 0 radical (unpaired) electrons. The van der Waals surface area contributed by atoms with Crippen LogP contribution in [0.3, 0.4) is 0 Å². The molecule has 5 nitrogen and oxygen atoms in total. The van der Waals surface area contributed by atoms with E-state index >= 15 is 0 Å². The third-order valence-corrected chi connectivity index (χ3v) is 6.29. The molecule has 0 atom stereocenters. The molecule has 0 amide bonds. The van der Waals surface area contributed by atoms with Crippen LogP contribution < -0.4 is 0 Å². The van der Waals surface area contributed by atoms with Gasteiger partial charge in [0, 0.05) is 36.1 Å². The van der Waals surface area contributed by atoms with Gasteiger partial charge in [0.05, 0.1) is 36.5 Å². The van der Waals surface area contributed by atoms with Gasteiger partial charge in [-0.3, -0.25) is 9.88 Å². The monoisotopic (exact) mass is 405 g/mol. The number of aromatic hydroxyl groups is 1. The molecule has 0 bridgehead atoms. The molecule has 0 unspecified atom stereocenters. The first kappa shape index (κ1) is 18.4. The van der Waals surface area contributed by atoms with E-state index in [1.54, 1.807) is 11.3 Å². The number of pyridine rings is 1. The molecule has 148 valence electrons. The van der Waals surface area contributed by atoms with Gasteiger partial charge in [-0.2, -0.15) is 0 Å². The second-order valence-electron chi connectivity index (χ2n) is 7.32. The number of thiophene rings is 1. The lowest BCUT2D eigenvalue weighted by Gasteiger charge is -2.26. The number of para-hydroxylation sites is 1. The number of ether oxygens (including phenoxy) is 1. The smallest absolute Gasteiger partial charge is 0.202 e. The van der Waals surface area contributed by atoms with Crippen LogP contribution in [0.5, 0.6) is 5.88 Å². The highest BCUT2D eigenvalue weighted by Gasteiger charge is 2.19. The number of benzene rings is 1. The summed E-state index contributed by atoms with van der Waals surface area (Å²) in [6.45, 7) is 5.03. The molecular weight excluding hydrogens is 382 g/mol. The second-order valence-corrected chi connectivity index (χ2v) is 8.35. The van der Waals surface area contributed by atoms with Crippen LogP contribution in [0.4, 0.5) is 0 Å². The van der Waals surface area contributed by atoms with Gasteiger partial charge in [0.25, 0.3) is 0 Å². The van der Waals surface area contributed by atoms with Crippen molar-refractivity contribution in [2.75, 3.05) is 26.3 Å². The third kappa shape index (κ3) is 3.67. The van der Waals surface area contributed by atoms with Crippen LogP contribution in [0.1, 0.15) is 10.4 Å². The van der Waals surface area contributed by atoms with E-state index in [4.69, 9.17) is 9.72 Å². The highest BCUT2D eigenvalue weighted by molar-refractivity contribution is 7.09. The van der Waals surface area contributed by atoms with Crippen LogP contribution in [-0.4, -0.2) is 45.9 Å². The van der Waals surface area contributed by atoms with Gasteiger partial charge in [0.15, 0.2) is 0 Å². The summed E-state index contributed by atoms with van der Waals surface area (Å²) in [5, 5.41) is 14.2. The van der Waals surface area contributed by atoms with E-state index in [0.717, 1.165) is 55.0 Å². The Morgan fingerprint density at radius 1 is 1.00 bits per heavy atom. The van der Waals surface area contributed by atoms with E-state index in [2.05, 4.69) is 34.5 Å². The Morgan fingerprint density at radius 2 is 1.86 bits per heavy atom. The molecule has 0 aliphatic carbocycles. The van der Waals surface area contributed by atoms with Gasteiger partial charge in [-0.05, 0) is 29.1 Å². The van der Waals surface area contributed by atoms with E-state index < -0.39 is 0 Å². The fraction of sp³-hybridized carbons (Fsp3) is 0.261. The Labute approximate surface area is 173 Å². The minimum atomic E-state index is 0.271. The molecule has 4 heterocycles. The first-order valence-electron chi connectivity index (χ1n) is 9.87. The van der Waals surface area contributed by atoms with Gasteiger partial charge in [-0.1, -0.05) is 30.3 Å². The molecule has 4 aromatic rings. The van der Waals surface area contributed by atoms with E-state index in [9.17, 15) is 5.11 Å². The van der Waals surface area contributed by atoms with Crippen LogP contribution in [0.15, 0.2) is 60.1 Å². The molecule has 1 aromatic carbocycles. The van der Waals surface area contributed by atoms with Crippen LogP contribution in [-0.2, 0) is 17.8 Å². The van der Waals surface area contributed by atoms with Crippen LogP contribution in [0, 0.1) is 0 Å². The van der Waals surface area contributed by atoms with Crippen molar-refractivity contribution in [1.82, 2.24) is 14.5 Å². The van der Waals surface area contributed by atoms with Crippen molar-refractivity contribution in [1.29, 1.82) is 0 Å². The van der Waals surface area contributed by atoms with Crippen molar-refractivity contribution in [3.8, 4) is 17.1 Å². The second kappa shape index (κ2) is 7.99. The van der Waals surface area contributed by atoms with E-state index in [0.29, 0.717) is 6.54 Å². The number of aromatic nitrogens is 2. The molecule has 1 N–H and O–H groups in total. The quantitative estimate of drug-likeness (QED) is 0.536. The molecule has 3 aromatic heterocycles. The van der Waals surface area contributed by atoms with Gasteiger partial charge < -0.3 is 14.4 Å². The number of morpholine rings is 1. The van der Waals surface area contributed by atoms with Crippen molar-refractivity contribution in [3.05, 3.63) is 70.5 Å². The Bertz CT molecular complexity index is 1100. The van der Waals surface area contributed by atoms with E-state index in [-0.39, 0.29) is 5.88 Å². The largest absolute Gasteiger partial charge is 0.494 e. The highest BCUT2D eigenvalue weighted by atomic mass is 32.1. The zero-order chi connectivity index (χ0) is 19.6. The van der Waals surface area contributed by atoms with E-state index in [1.807, 2.05) is 35.0 Å². The molecule has 1 aliphatic heterocycles. The minimum absolute atomic E-state index is 0.271. The van der Waals surface area contributed by atoms with Crippen molar-refractivity contribution in [2.24, 2.45) is 0 Å². The fourth-order valence-corrected chi connectivity index (χ4v) is 4.64. The molecule has 1 aliphatic rings. The summed E-state index contributed by atoms with van der Waals surface area (Å²) in [5.41, 5.74) is 3.80. The molecule has 29 heavy (non-hydrogen) atoms. The summed E-state index contributed by atoms with van der Waals surface area (Å²) in [7, 11) is 0. The van der Waals surface area contributed by atoms with E-state index in [1.165, 1.54) is 10.4 Å². The molecule has 0 spiro atoms. The Kier molecular flexibility index (Phi) is 5.06. The summed E-state index contributed by atoms with van der Waals surface area (Å²) >= 11 is 1.70. The summed E-state index contributed by atoms with van der Waals surface area (Å²) in [6, 6.07) is 16.4. The molecule has 5 rings (SSSR count). The summed E-state index contributed by atoms with van der Waals surface area (Å²) < 4.78 is 7.39. The molecule has 1 saturated heterocycles. The van der Waals surface area contributed by atoms with Gasteiger partial charge >= 0.3 is 0 Å². The Hall–Kier alpha value is -2.67. The maximum Gasteiger partial charge on any atom is 0.202 e. The predicted molar refractivity (Wildman–Crippen MR) is 116 cm³/mol. The van der Waals surface area contributed by atoms with Crippen molar-refractivity contribution >= 4 is 22.2 Å². The van der Waals surface area contributed by atoms with Crippen molar-refractivity contribution in [2.45, 2.75) is 13.1 Å². The number of nitrogens with zero attached hydrogens (tertiary/aromatic N) is 3. The average Bonchev–Trinajstić information content (AvgIpc) is 3.37. The SMILES string of the molecule is Oc1c(-c2ccc(CN3CCOCC3)cn2)c2ccccc2n1Cc1cccs1. The Morgan fingerprint density at radius 3 is 2.62 bits per heavy atom. The van der Waals surface area contributed by atoms with Gasteiger partial charge in [-0.25, -0.2) is 0 Å². The molecular formula is C23H23N3O2S. The predicted octanol–water partition coefficient (Wildman–Crippen LogP) is 4.35. The number of hydrogen-bond donors (Lipinski definition) is 1. The number of fused-ring (bicyclic) bond motifs is 1. The Balaban J connectivity index is 1.49. The van der Waals surface area contributed by atoms with Gasteiger partial charge in [0.1, 0.15) is 0 Å². The van der Waals surface area contributed by atoms with Crippen molar-refractivity contribution in [3.63, 3.8) is 0 Å². The first-order valence-corrected chi connectivity index (χ1v) is 10.8. The average molecular weight is 406 g/mol. The highest BCUT2D eigenvalue weighted by Crippen LogP contribution is 2.39. The summed E-state index contributed by atoms with van der Waals surface area (Å²) in [5.74, 6) is 0.271. The lowest BCUT2D eigenvalue weighted by atomic mass is 10.1. The van der Waals surface area contributed by atoms with Crippen LogP contribution in [0.2, 0.25) is 0 Å². The first-order chi connectivity index (χ1) is 14.3. The zero-order valence-corrected chi connectivity index (χ0v) is 16.9. The third-order valence-electron chi connectivity index (χ3n) is 5.43. The van der Waals surface area contributed by atoms with Crippen LogP contribution in [0.25, 0.3) is 22.2 Å². The van der Waals surface area contributed by atoms with Crippen LogP contribution >= 0.6 is 11.3 Å². The zero-order valence-electron chi connectivity index (χ0n) is 16.1. The summed E-state index contributed by atoms with van der Waals surface area (Å²) in [6.07, 6.45) is 1.93. The maximum absolute atomic E-state index is 11.1. The van der Waals surface area contributed by atoms with Gasteiger partial charge in [0.2, 0.25) is 5.88 Å². The lowest BCUT2D eigenvalue weighted by molar-refractivity contribution is 0.0341. The normalized spacial score (nSPS) is 15.2. The van der Waals surface area contributed by atoms with Gasteiger partial charge in [-0.15, -0.1) is 11.3 Å². The number of hydrogen-bond acceptors (Lipinski definition) is 5. The fourth-order valence-electron chi connectivity index (χ4n) is 3.94. The molecule has 6 heteroatoms. The minimum Gasteiger partial charge on any atom is -0.494 e. The lowest BCUT2D eigenvalue weighted by Crippen LogP contribution is -2.35.